The molecule has 1 fully saturated rings. The Morgan fingerprint density at radius 3 is 2.57 bits per heavy atom. The summed E-state index contributed by atoms with van der Waals surface area (Å²) >= 11 is 18.5. The van der Waals surface area contributed by atoms with Crippen molar-refractivity contribution in [3.8, 4) is 0 Å². The van der Waals surface area contributed by atoms with Gasteiger partial charge in [-0.15, -0.1) is 0 Å². The highest BCUT2D eigenvalue weighted by atomic mass is 35.5. The first-order chi connectivity index (χ1) is 10.8. The summed E-state index contributed by atoms with van der Waals surface area (Å²) in [6, 6.07) is 5.08. The summed E-state index contributed by atoms with van der Waals surface area (Å²) in [6.07, 6.45) is 1.33. The molecule has 0 radical (unpaired) electrons. The molecule has 8 heteroatoms. The van der Waals surface area contributed by atoms with Crippen LogP contribution in [0.4, 0.5) is 0 Å². The van der Waals surface area contributed by atoms with E-state index in [0.717, 1.165) is 11.8 Å². The number of esters is 1. The van der Waals surface area contributed by atoms with Gasteiger partial charge in [0.1, 0.15) is 10.9 Å². The van der Waals surface area contributed by atoms with Crippen molar-refractivity contribution in [2.45, 2.75) is 20.0 Å². The molecule has 1 aliphatic rings. The van der Waals surface area contributed by atoms with Crippen LogP contribution in [0.15, 0.2) is 23.1 Å². The molecule has 0 unspecified atom stereocenters. The fourth-order valence-electron chi connectivity index (χ4n) is 1.85. The van der Waals surface area contributed by atoms with E-state index in [9.17, 15) is 9.59 Å². The number of benzene rings is 1. The van der Waals surface area contributed by atoms with Gasteiger partial charge in [0.25, 0.3) is 5.91 Å². The number of thioether (sulfide) groups is 1. The number of halogens is 2. The van der Waals surface area contributed by atoms with Crippen LogP contribution in [0, 0.1) is 0 Å². The molecule has 1 aliphatic heterocycles. The van der Waals surface area contributed by atoms with Crippen LogP contribution in [0.1, 0.15) is 19.4 Å². The maximum Gasteiger partial charge on any atom is 0.326 e. The van der Waals surface area contributed by atoms with Crippen molar-refractivity contribution in [1.82, 2.24) is 4.90 Å². The maximum atomic E-state index is 12.4. The van der Waals surface area contributed by atoms with Crippen LogP contribution >= 0.6 is 47.2 Å². The molecule has 0 bridgehead atoms. The molecule has 0 spiro atoms. The van der Waals surface area contributed by atoms with Gasteiger partial charge in [0.2, 0.25) is 0 Å². The van der Waals surface area contributed by atoms with Gasteiger partial charge in [0.05, 0.1) is 11.0 Å². The predicted molar refractivity (Wildman–Crippen MR) is 97.6 cm³/mol. The van der Waals surface area contributed by atoms with Gasteiger partial charge in [-0.2, -0.15) is 0 Å². The minimum atomic E-state index is -0.506. The number of carbonyl (C=O) groups excluding carboxylic acids is 2. The maximum absolute atomic E-state index is 12.4. The Morgan fingerprint density at radius 2 is 2.00 bits per heavy atom. The predicted octanol–water partition coefficient (Wildman–Crippen LogP) is 4.15. The molecule has 23 heavy (non-hydrogen) atoms. The smallest absolute Gasteiger partial charge is 0.326 e. The van der Waals surface area contributed by atoms with Crippen LogP contribution in [-0.4, -0.2) is 33.7 Å². The third-order valence-corrected chi connectivity index (χ3v) is 4.84. The lowest BCUT2D eigenvalue weighted by Crippen LogP contribution is -2.35. The molecule has 0 saturated carbocycles. The van der Waals surface area contributed by atoms with E-state index in [4.69, 9.17) is 40.2 Å². The summed E-state index contributed by atoms with van der Waals surface area (Å²) < 4.78 is 5.33. The van der Waals surface area contributed by atoms with Crippen LogP contribution in [0.5, 0.6) is 0 Å². The lowest BCUT2D eigenvalue weighted by Gasteiger charge is -2.14. The van der Waals surface area contributed by atoms with Gasteiger partial charge >= 0.3 is 5.97 Å². The van der Waals surface area contributed by atoms with Crippen LogP contribution < -0.4 is 0 Å². The average Bonchev–Trinajstić information content (AvgIpc) is 2.70. The Kier molecular flexibility index (Phi) is 6.08. The highest BCUT2D eigenvalue weighted by Gasteiger charge is 2.34. The second-order valence-electron chi connectivity index (χ2n) is 4.94. The Hall–Kier alpha value is -1.08. The zero-order valence-electron chi connectivity index (χ0n) is 12.3. The number of amides is 1. The number of thiocarbonyl (C=S) groups is 1. The summed E-state index contributed by atoms with van der Waals surface area (Å²) in [6.45, 7) is 3.26. The Morgan fingerprint density at radius 1 is 1.39 bits per heavy atom. The molecule has 0 aromatic heterocycles. The van der Waals surface area contributed by atoms with E-state index in [0.29, 0.717) is 24.8 Å². The molecular formula is C15H13Cl2NO3S2. The van der Waals surface area contributed by atoms with E-state index >= 15 is 0 Å². The molecule has 1 aromatic carbocycles. The first-order valence-corrected chi connectivity index (χ1v) is 8.66. The molecular weight excluding hydrogens is 377 g/mol. The van der Waals surface area contributed by atoms with Crippen molar-refractivity contribution in [3.63, 3.8) is 0 Å². The third kappa shape index (κ3) is 4.47. The van der Waals surface area contributed by atoms with E-state index in [1.54, 1.807) is 38.1 Å². The lowest BCUT2D eigenvalue weighted by atomic mass is 10.2. The van der Waals surface area contributed by atoms with Crippen LogP contribution in [0.3, 0.4) is 0 Å². The Labute approximate surface area is 153 Å². The van der Waals surface area contributed by atoms with E-state index in [1.807, 2.05) is 0 Å². The highest BCUT2D eigenvalue weighted by Crippen LogP contribution is 2.35. The Bertz CT molecular complexity index is 684. The largest absolute Gasteiger partial charge is 0.462 e. The first-order valence-electron chi connectivity index (χ1n) is 6.68. The molecule has 1 heterocycles. The Balaban J connectivity index is 2.21. The molecule has 1 amide bonds. The first kappa shape index (κ1) is 18.3. The van der Waals surface area contributed by atoms with Gasteiger partial charge in [-0.1, -0.05) is 53.2 Å². The molecule has 4 nitrogen and oxygen atoms in total. The SMILES string of the molecule is CC(C)OC(=O)CN1C(=O)/C(=C\c2c(Cl)cccc2Cl)SC1=S. The van der Waals surface area contributed by atoms with Crippen LogP contribution in [-0.2, 0) is 14.3 Å². The summed E-state index contributed by atoms with van der Waals surface area (Å²) in [7, 11) is 0. The molecule has 122 valence electrons. The van der Waals surface area contributed by atoms with Gasteiger partial charge < -0.3 is 4.74 Å². The molecule has 2 rings (SSSR count). The standard InChI is InChI=1S/C15H13Cl2NO3S2/c1-8(2)21-13(19)7-18-14(20)12(23-15(18)22)6-9-10(16)4-3-5-11(9)17/h3-6,8H,7H2,1-2H3/b12-6+. The molecule has 0 atom stereocenters. The van der Waals surface area contributed by atoms with Crippen molar-refractivity contribution in [3.05, 3.63) is 38.7 Å². The van der Waals surface area contributed by atoms with Crippen molar-refractivity contribution < 1.29 is 14.3 Å². The van der Waals surface area contributed by atoms with E-state index in [1.165, 1.54) is 4.90 Å². The zero-order chi connectivity index (χ0) is 17.1. The van der Waals surface area contributed by atoms with Crippen LogP contribution in [0.25, 0.3) is 6.08 Å². The fourth-order valence-corrected chi connectivity index (χ4v) is 3.59. The zero-order valence-corrected chi connectivity index (χ0v) is 15.5. The molecule has 0 N–H and O–H groups in total. The average molecular weight is 390 g/mol. The fraction of sp³-hybridized carbons (Fsp3) is 0.267. The molecule has 1 saturated heterocycles. The number of hydrogen-bond donors (Lipinski definition) is 0. The topological polar surface area (TPSA) is 46.6 Å². The summed E-state index contributed by atoms with van der Waals surface area (Å²) in [5.74, 6) is -0.870. The number of ether oxygens (including phenoxy) is 1. The third-order valence-electron chi connectivity index (χ3n) is 2.80. The summed E-state index contributed by atoms with van der Waals surface area (Å²) in [4.78, 5) is 25.7. The summed E-state index contributed by atoms with van der Waals surface area (Å²) in [5, 5.41) is 0.865. The van der Waals surface area contributed by atoms with E-state index < -0.39 is 5.97 Å². The second-order valence-corrected chi connectivity index (χ2v) is 7.43. The van der Waals surface area contributed by atoms with Crippen molar-refractivity contribution in [1.29, 1.82) is 0 Å². The quantitative estimate of drug-likeness (QED) is 0.439. The van der Waals surface area contributed by atoms with Gasteiger partial charge in [-0.3, -0.25) is 14.5 Å². The van der Waals surface area contributed by atoms with Crippen molar-refractivity contribution >= 4 is 69.5 Å². The van der Waals surface area contributed by atoms with Crippen molar-refractivity contribution in [2.75, 3.05) is 6.54 Å². The van der Waals surface area contributed by atoms with Gasteiger partial charge in [0.15, 0.2) is 0 Å². The molecule has 0 aliphatic carbocycles. The number of carbonyl (C=O) groups is 2. The van der Waals surface area contributed by atoms with Gasteiger partial charge in [0, 0.05) is 15.6 Å². The monoisotopic (exact) mass is 389 g/mol. The van der Waals surface area contributed by atoms with Crippen LogP contribution in [0.2, 0.25) is 10.0 Å². The van der Waals surface area contributed by atoms with Gasteiger partial charge in [-0.05, 0) is 32.1 Å². The second kappa shape index (κ2) is 7.66. The summed E-state index contributed by atoms with van der Waals surface area (Å²) in [5.41, 5.74) is 0.543. The van der Waals surface area contributed by atoms with Crippen molar-refractivity contribution in [2.24, 2.45) is 0 Å². The minimum absolute atomic E-state index is 0.212. The number of rotatable bonds is 4. The number of hydrogen-bond acceptors (Lipinski definition) is 5. The van der Waals surface area contributed by atoms with Gasteiger partial charge in [-0.25, -0.2) is 0 Å². The molecule has 1 aromatic rings. The lowest BCUT2D eigenvalue weighted by molar-refractivity contribution is -0.149. The highest BCUT2D eigenvalue weighted by molar-refractivity contribution is 8.26. The normalized spacial score (nSPS) is 16.6. The van der Waals surface area contributed by atoms with E-state index in [2.05, 4.69) is 0 Å². The number of nitrogens with zero attached hydrogens (tertiary/aromatic N) is 1. The van der Waals surface area contributed by atoms with E-state index in [-0.39, 0.29) is 18.6 Å². The minimum Gasteiger partial charge on any atom is -0.462 e.